The zero-order chi connectivity index (χ0) is 21.8. The summed E-state index contributed by atoms with van der Waals surface area (Å²) < 4.78 is 5.39. The summed E-state index contributed by atoms with van der Waals surface area (Å²) >= 11 is 6.40. The highest BCUT2D eigenvalue weighted by atomic mass is 35.5. The lowest BCUT2D eigenvalue weighted by atomic mass is 10.2. The summed E-state index contributed by atoms with van der Waals surface area (Å²) in [7, 11) is 0. The van der Waals surface area contributed by atoms with E-state index in [0.29, 0.717) is 23.7 Å². The van der Waals surface area contributed by atoms with Crippen LogP contribution in [0.1, 0.15) is 19.8 Å². The minimum absolute atomic E-state index is 0.0926. The van der Waals surface area contributed by atoms with Crippen molar-refractivity contribution in [3.8, 4) is 0 Å². The van der Waals surface area contributed by atoms with Gasteiger partial charge in [0.25, 0.3) is 0 Å². The molecule has 4 rings (SSSR count). The van der Waals surface area contributed by atoms with E-state index >= 15 is 0 Å². The number of hydrogen-bond acceptors (Lipinski definition) is 5. The fourth-order valence-corrected chi connectivity index (χ4v) is 4.14. The second kappa shape index (κ2) is 9.58. The first-order chi connectivity index (χ1) is 15.0. The van der Waals surface area contributed by atoms with Crippen LogP contribution in [0.5, 0.6) is 0 Å². The lowest BCUT2D eigenvalue weighted by Gasteiger charge is -2.29. The van der Waals surface area contributed by atoms with E-state index in [9.17, 15) is 9.59 Å². The first-order valence-electron chi connectivity index (χ1n) is 10.6. The van der Waals surface area contributed by atoms with E-state index in [1.807, 2.05) is 36.4 Å². The molecule has 1 atom stereocenters. The molecule has 2 aliphatic heterocycles. The Morgan fingerprint density at radius 2 is 1.77 bits per heavy atom. The molecule has 2 aromatic rings. The van der Waals surface area contributed by atoms with Gasteiger partial charge in [0.2, 0.25) is 11.8 Å². The fraction of sp³-hybridized carbons (Fsp3) is 0.391. The SMILES string of the molecule is CC(Nc1ccc(N2CCCC2=O)c(Cl)c1)C(=O)Nc1ccc(N2CCOCC2)cc1. The Morgan fingerprint density at radius 3 is 2.42 bits per heavy atom. The van der Waals surface area contributed by atoms with Crippen molar-refractivity contribution < 1.29 is 14.3 Å². The maximum atomic E-state index is 12.6. The lowest BCUT2D eigenvalue weighted by molar-refractivity contribution is -0.117. The third kappa shape index (κ3) is 5.11. The van der Waals surface area contributed by atoms with Gasteiger partial charge in [-0.25, -0.2) is 0 Å². The van der Waals surface area contributed by atoms with Crippen LogP contribution in [0.25, 0.3) is 0 Å². The van der Waals surface area contributed by atoms with E-state index in [1.165, 1.54) is 0 Å². The van der Waals surface area contributed by atoms with Gasteiger partial charge >= 0.3 is 0 Å². The van der Waals surface area contributed by atoms with Crippen molar-refractivity contribution in [1.82, 2.24) is 0 Å². The molecule has 2 amide bonds. The van der Waals surface area contributed by atoms with Crippen molar-refractivity contribution in [1.29, 1.82) is 0 Å². The molecule has 2 heterocycles. The molecular formula is C23H27ClN4O3. The van der Waals surface area contributed by atoms with E-state index in [2.05, 4.69) is 15.5 Å². The molecule has 2 N–H and O–H groups in total. The van der Waals surface area contributed by atoms with E-state index in [1.54, 1.807) is 17.9 Å². The number of nitrogens with zero attached hydrogens (tertiary/aromatic N) is 2. The number of hydrogen-bond donors (Lipinski definition) is 2. The van der Waals surface area contributed by atoms with Crippen LogP contribution in [0.2, 0.25) is 5.02 Å². The highest BCUT2D eigenvalue weighted by molar-refractivity contribution is 6.34. The molecule has 2 aliphatic rings. The third-order valence-electron chi connectivity index (χ3n) is 5.60. The zero-order valence-corrected chi connectivity index (χ0v) is 18.3. The van der Waals surface area contributed by atoms with Crippen LogP contribution >= 0.6 is 11.6 Å². The van der Waals surface area contributed by atoms with Crippen LogP contribution in [-0.2, 0) is 14.3 Å². The molecule has 1 unspecified atom stereocenters. The smallest absolute Gasteiger partial charge is 0.246 e. The minimum Gasteiger partial charge on any atom is -0.378 e. The number of rotatable bonds is 6. The first-order valence-corrected chi connectivity index (χ1v) is 11.0. The molecule has 0 aliphatic carbocycles. The number of amides is 2. The quantitative estimate of drug-likeness (QED) is 0.712. The van der Waals surface area contributed by atoms with Gasteiger partial charge in [-0.15, -0.1) is 0 Å². The molecule has 31 heavy (non-hydrogen) atoms. The monoisotopic (exact) mass is 442 g/mol. The molecule has 0 bridgehead atoms. The van der Waals surface area contributed by atoms with Crippen molar-refractivity contribution >= 4 is 46.2 Å². The largest absolute Gasteiger partial charge is 0.378 e. The van der Waals surface area contributed by atoms with Gasteiger partial charge < -0.3 is 25.2 Å². The Kier molecular flexibility index (Phi) is 6.63. The number of carbonyl (C=O) groups is 2. The lowest BCUT2D eigenvalue weighted by Crippen LogP contribution is -2.36. The Hall–Kier alpha value is -2.77. The van der Waals surface area contributed by atoms with E-state index in [-0.39, 0.29) is 11.8 Å². The van der Waals surface area contributed by atoms with E-state index in [4.69, 9.17) is 16.3 Å². The number of morpholine rings is 1. The summed E-state index contributed by atoms with van der Waals surface area (Å²) in [4.78, 5) is 28.6. The van der Waals surface area contributed by atoms with Gasteiger partial charge in [-0.2, -0.15) is 0 Å². The van der Waals surface area contributed by atoms with Crippen molar-refractivity contribution in [3.05, 3.63) is 47.5 Å². The number of benzene rings is 2. The Balaban J connectivity index is 1.34. The Morgan fingerprint density at radius 1 is 1.06 bits per heavy atom. The summed E-state index contributed by atoms with van der Waals surface area (Å²) in [5.41, 5.74) is 3.31. The number of halogens is 1. The molecule has 7 nitrogen and oxygen atoms in total. The zero-order valence-electron chi connectivity index (χ0n) is 17.6. The molecule has 0 aromatic heterocycles. The molecular weight excluding hydrogens is 416 g/mol. The number of anilines is 4. The molecule has 0 spiro atoms. The average Bonchev–Trinajstić information content (AvgIpc) is 3.20. The van der Waals surface area contributed by atoms with Crippen molar-refractivity contribution in [3.63, 3.8) is 0 Å². The number of nitrogens with one attached hydrogen (secondary N) is 2. The van der Waals surface area contributed by atoms with Crippen LogP contribution in [0.4, 0.5) is 22.7 Å². The van der Waals surface area contributed by atoms with Gasteiger partial charge in [0, 0.05) is 43.1 Å². The first kappa shape index (κ1) is 21.5. The van der Waals surface area contributed by atoms with Gasteiger partial charge in [0.05, 0.1) is 23.9 Å². The van der Waals surface area contributed by atoms with Crippen molar-refractivity contribution in [2.75, 3.05) is 53.3 Å². The van der Waals surface area contributed by atoms with Crippen LogP contribution in [0.3, 0.4) is 0 Å². The van der Waals surface area contributed by atoms with Gasteiger partial charge in [0.1, 0.15) is 6.04 Å². The van der Waals surface area contributed by atoms with Gasteiger partial charge in [0.15, 0.2) is 0 Å². The highest BCUT2D eigenvalue weighted by Crippen LogP contribution is 2.32. The van der Waals surface area contributed by atoms with Crippen LogP contribution in [0.15, 0.2) is 42.5 Å². The predicted molar refractivity (Wildman–Crippen MR) is 124 cm³/mol. The molecule has 8 heteroatoms. The summed E-state index contributed by atoms with van der Waals surface area (Å²) in [5, 5.41) is 6.60. The summed E-state index contributed by atoms with van der Waals surface area (Å²) in [6.45, 7) is 5.71. The average molecular weight is 443 g/mol. The normalized spacial score (nSPS) is 17.5. The Bertz CT molecular complexity index is 944. The van der Waals surface area contributed by atoms with Crippen LogP contribution in [0, 0.1) is 0 Å². The van der Waals surface area contributed by atoms with Gasteiger partial charge in [-0.3, -0.25) is 9.59 Å². The summed E-state index contributed by atoms with van der Waals surface area (Å²) in [6.07, 6.45) is 1.40. The predicted octanol–water partition coefficient (Wildman–Crippen LogP) is 3.74. The second-order valence-electron chi connectivity index (χ2n) is 7.82. The number of ether oxygens (including phenoxy) is 1. The number of carbonyl (C=O) groups excluding carboxylic acids is 2. The summed E-state index contributed by atoms with van der Waals surface area (Å²) in [6, 6.07) is 12.8. The summed E-state index contributed by atoms with van der Waals surface area (Å²) in [5.74, 6) is -0.0518. The van der Waals surface area contributed by atoms with Crippen molar-refractivity contribution in [2.24, 2.45) is 0 Å². The van der Waals surface area contributed by atoms with E-state index in [0.717, 1.165) is 49.8 Å². The maximum absolute atomic E-state index is 12.6. The molecule has 0 saturated carbocycles. The minimum atomic E-state index is -0.464. The van der Waals surface area contributed by atoms with Gasteiger partial charge in [-0.1, -0.05) is 11.6 Å². The molecule has 2 saturated heterocycles. The van der Waals surface area contributed by atoms with Crippen molar-refractivity contribution in [2.45, 2.75) is 25.8 Å². The Labute approximate surface area is 187 Å². The van der Waals surface area contributed by atoms with Crippen LogP contribution < -0.4 is 20.4 Å². The van der Waals surface area contributed by atoms with Gasteiger partial charge in [-0.05, 0) is 55.8 Å². The molecule has 0 radical (unpaired) electrons. The second-order valence-corrected chi connectivity index (χ2v) is 8.22. The fourth-order valence-electron chi connectivity index (χ4n) is 3.86. The molecule has 2 aromatic carbocycles. The highest BCUT2D eigenvalue weighted by Gasteiger charge is 2.24. The van der Waals surface area contributed by atoms with Crippen LogP contribution in [-0.4, -0.2) is 50.7 Å². The standard InChI is InChI=1S/C23H27ClN4O3/c1-16(25-18-6-9-21(20(24)15-18)28-10-2-3-22(28)29)23(30)26-17-4-7-19(8-5-17)27-11-13-31-14-12-27/h4-9,15-16,25H,2-3,10-14H2,1H3,(H,26,30). The van der Waals surface area contributed by atoms with E-state index < -0.39 is 6.04 Å². The maximum Gasteiger partial charge on any atom is 0.246 e. The molecule has 164 valence electrons. The topological polar surface area (TPSA) is 73.9 Å². The third-order valence-corrected chi connectivity index (χ3v) is 5.90. The molecule has 2 fully saturated rings.